The molecule has 104 valence electrons. The summed E-state index contributed by atoms with van der Waals surface area (Å²) in [5.74, 6) is -1.76. The minimum absolute atomic E-state index is 0.0888. The van der Waals surface area contributed by atoms with Gasteiger partial charge in [-0.15, -0.1) is 0 Å². The van der Waals surface area contributed by atoms with E-state index in [1.807, 2.05) is 13.8 Å². The summed E-state index contributed by atoms with van der Waals surface area (Å²) in [6.45, 7) is 3.57. The topological polar surface area (TPSA) is 86.3 Å². The van der Waals surface area contributed by atoms with Crippen molar-refractivity contribution in [2.24, 2.45) is 0 Å². The third-order valence-electron chi connectivity index (χ3n) is 3.33. The number of hydrogen-bond acceptors (Lipinski definition) is 3. The molecule has 0 bridgehead atoms. The second-order valence-corrected chi connectivity index (χ2v) is 5.11. The van der Waals surface area contributed by atoms with E-state index < -0.39 is 24.1 Å². The van der Waals surface area contributed by atoms with Gasteiger partial charge in [0.05, 0.1) is 6.54 Å². The molecule has 6 nitrogen and oxygen atoms in total. The monoisotopic (exact) mass is 269 g/mol. The number of nitrogens with one attached hydrogen (secondary N) is 1. The molecular weight excluding hydrogens is 253 g/mol. The molecule has 1 saturated heterocycles. The zero-order valence-corrected chi connectivity index (χ0v) is 10.8. The lowest BCUT2D eigenvalue weighted by Gasteiger charge is -2.16. The van der Waals surface area contributed by atoms with E-state index in [1.165, 1.54) is 4.90 Å². The van der Waals surface area contributed by atoms with Crippen LogP contribution in [-0.4, -0.2) is 50.8 Å². The first-order chi connectivity index (χ1) is 8.83. The van der Waals surface area contributed by atoms with Crippen LogP contribution in [0.15, 0.2) is 6.07 Å². The van der Waals surface area contributed by atoms with Crippen molar-refractivity contribution in [3.05, 3.63) is 17.5 Å². The Morgan fingerprint density at radius 3 is 2.74 bits per heavy atom. The van der Waals surface area contributed by atoms with Gasteiger partial charge in [0.25, 0.3) is 5.91 Å². The van der Waals surface area contributed by atoms with Crippen LogP contribution in [-0.2, 0) is 4.79 Å². The number of halogens is 1. The standard InChI is InChI=1S/C12H16FN3O3/c1-7(2)8-5-9(15-14-8)10(17)16-4-3-12(13,6-16)11(18)19/h5,7H,3-4,6H2,1-2H3,(H,14,15)(H,18,19). The normalized spacial score (nSPS) is 23.1. The van der Waals surface area contributed by atoms with E-state index in [2.05, 4.69) is 10.2 Å². The molecule has 1 unspecified atom stereocenters. The van der Waals surface area contributed by atoms with Gasteiger partial charge in [-0.3, -0.25) is 9.89 Å². The number of hydrogen-bond donors (Lipinski definition) is 2. The Labute approximate surface area is 109 Å². The zero-order valence-electron chi connectivity index (χ0n) is 10.8. The van der Waals surface area contributed by atoms with Gasteiger partial charge in [-0.05, 0) is 12.0 Å². The maximum Gasteiger partial charge on any atom is 0.343 e. The number of carbonyl (C=O) groups is 2. The van der Waals surface area contributed by atoms with Gasteiger partial charge in [-0.1, -0.05) is 13.8 Å². The highest BCUT2D eigenvalue weighted by Gasteiger charge is 2.47. The molecule has 1 aliphatic heterocycles. The Morgan fingerprint density at radius 2 is 2.26 bits per heavy atom. The molecule has 1 aromatic heterocycles. The van der Waals surface area contributed by atoms with Crippen molar-refractivity contribution in [1.29, 1.82) is 0 Å². The Bertz CT molecular complexity index is 514. The quantitative estimate of drug-likeness (QED) is 0.862. The first kappa shape index (κ1) is 13.5. The number of carboxylic acids is 1. The fourth-order valence-corrected chi connectivity index (χ4v) is 2.02. The van der Waals surface area contributed by atoms with Gasteiger partial charge < -0.3 is 10.0 Å². The van der Waals surface area contributed by atoms with E-state index >= 15 is 0 Å². The summed E-state index contributed by atoms with van der Waals surface area (Å²) >= 11 is 0. The molecule has 2 rings (SSSR count). The molecule has 2 N–H and O–H groups in total. The van der Waals surface area contributed by atoms with E-state index in [-0.39, 0.29) is 24.6 Å². The second kappa shape index (κ2) is 4.64. The summed E-state index contributed by atoms with van der Waals surface area (Å²) in [7, 11) is 0. The van der Waals surface area contributed by atoms with Crippen molar-refractivity contribution in [3.63, 3.8) is 0 Å². The van der Waals surface area contributed by atoms with Gasteiger partial charge in [0.2, 0.25) is 5.67 Å². The third-order valence-corrected chi connectivity index (χ3v) is 3.33. The number of rotatable bonds is 3. The lowest BCUT2D eigenvalue weighted by molar-refractivity contribution is -0.149. The Balaban J connectivity index is 2.11. The first-order valence-corrected chi connectivity index (χ1v) is 6.10. The number of alkyl halides is 1. The average molecular weight is 269 g/mol. The number of aromatic amines is 1. The molecule has 2 heterocycles. The minimum atomic E-state index is -2.34. The average Bonchev–Trinajstić information content (AvgIpc) is 2.95. The molecule has 0 spiro atoms. The summed E-state index contributed by atoms with van der Waals surface area (Å²) in [5.41, 5.74) is -1.34. The fourth-order valence-electron chi connectivity index (χ4n) is 2.02. The largest absolute Gasteiger partial charge is 0.479 e. The van der Waals surface area contributed by atoms with E-state index in [0.29, 0.717) is 0 Å². The summed E-state index contributed by atoms with van der Waals surface area (Å²) in [6.07, 6.45) is -0.185. The van der Waals surface area contributed by atoms with Crippen molar-refractivity contribution in [3.8, 4) is 0 Å². The molecule has 7 heteroatoms. The van der Waals surface area contributed by atoms with E-state index in [9.17, 15) is 14.0 Å². The molecule has 1 atom stereocenters. The Hall–Kier alpha value is -1.92. The van der Waals surface area contributed by atoms with Gasteiger partial charge in [0.1, 0.15) is 5.69 Å². The fraction of sp³-hybridized carbons (Fsp3) is 0.583. The molecule has 1 aromatic rings. The zero-order chi connectivity index (χ0) is 14.2. The summed E-state index contributed by atoms with van der Waals surface area (Å²) in [4.78, 5) is 24.1. The number of aromatic nitrogens is 2. The van der Waals surface area contributed by atoms with Crippen molar-refractivity contribution in [2.45, 2.75) is 31.9 Å². The number of carboxylic acid groups (broad SMARTS) is 1. The Kier molecular flexibility index (Phi) is 3.30. The third kappa shape index (κ3) is 2.45. The van der Waals surface area contributed by atoms with Gasteiger partial charge in [0, 0.05) is 18.7 Å². The van der Waals surface area contributed by atoms with Gasteiger partial charge in [0.15, 0.2) is 0 Å². The van der Waals surface area contributed by atoms with Crippen LogP contribution in [0.3, 0.4) is 0 Å². The lowest BCUT2D eigenvalue weighted by atomic mass is 10.1. The summed E-state index contributed by atoms with van der Waals surface area (Å²) in [6, 6.07) is 1.62. The van der Waals surface area contributed by atoms with Gasteiger partial charge in [-0.2, -0.15) is 5.10 Å². The van der Waals surface area contributed by atoms with Crippen LogP contribution in [0.1, 0.15) is 42.4 Å². The van der Waals surface area contributed by atoms with E-state index in [1.54, 1.807) is 6.07 Å². The summed E-state index contributed by atoms with van der Waals surface area (Å²) < 4.78 is 13.9. The number of amides is 1. The van der Waals surface area contributed by atoms with E-state index in [0.717, 1.165) is 5.69 Å². The minimum Gasteiger partial charge on any atom is -0.479 e. The molecule has 0 radical (unpaired) electrons. The highest BCUT2D eigenvalue weighted by atomic mass is 19.1. The van der Waals surface area contributed by atoms with Crippen LogP contribution in [0.25, 0.3) is 0 Å². The molecular formula is C12H16FN3O3. The maximum absolute atomic E-state index is 13.9. The number of aliphatic carboxylic acids is 1. The number of carbonyl (C=O) groups excluding carboxylic acids is 1. The first-order valence-electron chi connectivity index (χ1n) is 6.10. The van der Waals surface area contributed by atoms with Crippen LogP contribution >= 0.6 is 0 Å². The van der Waals surface area contributed by atoms with Crippen molar-refractivity contribution in [2.75, 3.05) is 13.1 Å². The maximum atomic E-state index is 13.9. The predicted molar refractivity (Wildman–Crippen MR) is 64.7 cm³/mol. The van der Waals surface area contributed by atoms with Crippen LogP contribution < -0.4 is 0 Å². The number of H-pyrrole nitrogens is 1. The van der Waals surface area contributed by atoms with Gasteiger partial charge in [-0.25, -0.2) is 9.18 Å². The number of nitrogens with zero attached hydrogens (tertiary/aromatic N) is 2. The molecule has 1 fully saturated rings. The SMILES string of the molecule is CC(C)c1cc(C(=O)N2CCC(F)(C(=O)O)C2)n[nH]1. The lowest BCUT2D eigenvalue weighted by Crippen LogP contribution is -2.39. The van der Waals surface area contributed by atoms with E-state index in [4.69, 9.17) is 5.11 Å². The molecule has 1 amide bonds. The highest BCUT2D eigenvalue weighted by molar-refractivity contribution is 5.93. The Morgan fingerprint density at radius 1 is 1.58 bits per heavy atom. The van der Waals surface area contributed by atoms with Crippen LogP contribution in [0, 0.1) is 0 Å². The molecule has 0 saturated carbocycles. The molecule has 1 aliphatic rings. The van der Waals surface area contributed by atoms with Crippen LogP contribution in [0.2, 0.25) is 0 Å². The predicted octanol–water partition coefficient (Wildman–Crippen LogP) is 1.17. The van der Waals surface area contributed by atoms with Crippen molar-refractivity contribution in [1.82, 2.24) is 15.1 Å². The number of likely N-dealkylation sites (tertiary alicyclic amines) is 1. The highest BCUT2D eigenvalue weighted by Crippen LogP contribution is 2.27. The van der Waals surface area contributed by atoms with Crippen LogP contribution in [0.4, 0.5) is 4.39 Å². The summed E-state index contributed by atoms with van der Waals surface area (Å²) in [5, 5.41) is 15.4. The molecule has 0 aromatic carbocycles. The molecule has 19 heavy (non-hydrogen) atoms. The van der Waals surface area contributed by atoms with Crippen molar-refractivity contribution < 1.29 is 19.1 Å². The molecule has 0 aliphatic carbocycles. The van der Waals surface area contributed by atoms with Gasteiger partial charge >= 0.3 is 5.97 Å². The second-order valence-electron chi connectivity index (χ2n) is 5.11. The van der Waals surface area contributed by atoms with Crippen molar-refractivity contribution >= 4 is 11.9 Å². The van der Waals surface area contributed by atoms with Crippen LogP contribution in [0.5, 0.6) is 0 Å². The smallest absolute Gasteiger partial charge is 0.343 e.